The van der Waals surface area contributed by atoms with Crippen LogP contribution in [0.3, 0.4) is 0 Å². The lowest BCUT2D eigenvalue weighted by Crippen LogP contribution is -2.24. The van der Waals surface area contributed by atoms with Crippen molar-refractivity contribution < 1.29 is 4.39 Å². The van der Waals surface area contributed by atoms with E-state index in [2.05, 4.69) is 11.8 Å². The second-order valence-corrected chi connectivity index (χ2v) is 4.98. The largest absolute Gasteiger partial charge is 0.369 e. The summed E-state index contributed by atoms with van der Waals surface area (Å²) in [5.41, 5.74) is 7.56. The lowest BCUT2D eigenvalue weighted by atomic mass is 10.0. The molecule has 0 saturated carbocycles. The van der Waals surface area contributed by atoms with E-state index < -0.39 is 0 Å². The van der Waals surface area contributed by atoms with Gasteiger partial charge < -0.3 is 10.6 Å². The zero-order chi connectivity index (χ0) is 12.4. The molecule has 2 nitrogen and oxygen atoms in total. The first-order chi connectivity index (χ1) is 8.13. The molecule has 3 heteroatoms. The van der Waals surface area contributed by atoms with Crippen molar-refractivity contribution in [3.05, 3.63) is 29.6 Å². The van der Waals surface area contributed by atoms with Gasteiger partial charge in [0.15, 0.2) is 0 Å². The van der Waals surface area contributed by atoms with E-state index >= 15 is 0 Å². The highest BCUT2D eigenvalue weighted by molar-refractivity contribution is 5.56. The second-order valence-electron chi connectivity index (χ2n) is 4.98. The van der Waals surface area contributed by atoms with E-state index in [1.807, 2.05) is 13.0 Å². The van der Waals surface area contributed by atoms with Crippen LogP contribution >= 0.6 is 0 Å². The Kier molecular flexibility index (Phi) is 3.67. The van der Waals surface area contributed by atoms with Crippen LogP contribution in [0, 0.1) is 11.7 Å². The van der Waals surface area contributed by atoms with Crippen molar-refractivity contribution >= 4 is 5.69 Å². The molecule has 17 heavy (non-hydrogen) atoms. The molecular weight excluding hydrogens is 215 g/mol. The standard InChI is InChI=1S/C14H21FN2/c1-3-11-7-8-17(9-11)14-12(10(2)16)5-4-6-13(14)15/h4-6,10-11H,3,7-9,16H2,1-2H3/t10-,11?/m0/s1. The lowest BCUT2D eigenvalue weighted by Gasteiger charge is -2.24. The first-order valence-electron chi connectivity index (χ1n) is 6.42. The summed E-state index contributed by atoms with van der Waals surface area (Å²) < 4.78 is 14.0. The van der Waals surface area contributed by atoms with Gasteiger partial charge in [0.25, 0.3) is 0 Å². The second kappa shape index (κ2) is 5.05. The molecule has 0 aliphatic carbocycles. The molecule has 0 spiro atoms. The quantitative estimate of drug-likeness (QED) is 0.874. The van der Waals surface area contributed by atoms with Gasteiger partial charge in [0.1, 0.15) is 5.82 Å². The first-order valence-corrected chi connectivity index (χ1v) is 6.42. The van der Waals surface area contributed by atoms with Gasteiger partial charge in [-0.1, -0.05) is 25.5 Å². The zero-order valence-corrected chi connectivity index (χ0v) is 10.6. The van der Waals surface area contributed by atoms with E-state index in [1.54, 1.807) is 6.07 Å². The molecule has 2 rings (SSSR count). The molecule has 1 saturated heterocycles. The molecule has 0 amide bonds. The first kappa shape index (κ1) is 12.4. The summed E-state index contributed by atoms with van der Waals surface area (Å²) in [4.78, 5) is 2.15. The molecule has 2 atom stereocenters. The highest BCUT2D eigenvalue weighted by atomic mass is 19.1. The molecule has 0 radical (unpaired) electrons. The van der Waals surface area contributed by atoms with Crippen molar-refractivity contribution in [1.29, 1.82) is 0 Å². The highest BCUT2D eigenvalue weighted by Gasteiger charge is 2.25. The summed E-state index contributed by atoms with van der Waals surface area (Å²) >= 11 is 0. The molecular formula is C14H21FN2. The number of anilines is 1. The number of nitrogens with two attached hydrogens (primary N) is 1. The van der Waals surface area contributed by atoms with Crippen molar-refractivity contribution in [2.45, 2.75) is 32.7 Å². The Hall–Kier alpha value is -1.09. The molecule has 1 fully saturated rings. The molecule has 1 aliphatic heterocycles. The van der Waals surface area contributed by atoms with Crippen LogP contribution in [0.1, 0.15) is 38.3 Å². The molecule has 1 unspecified atom stereocenters. The Morgan fingerprint density at radius 3 is 2.88 bits per heavy atom. The number of nitrogens with zero attached hydrogens (tertiary/aromatic N) is 1. The Bertz CT molecular complexity index is 390. The third-order valence-electron chi connectivity index (χ3n) is 3.69. The van der Waals surface area contributed by atoms with Crippen molar-refractivity contribution in [3.8, 4) is 0 Å². The smallest absolute Gasteiger partial charge is 0.146 e. The van der Waals surface area contributed by atoms with Gasteiger partial charge in [-0.15, -0.1) is 0 Å². The van der Waals surface area contributed by atoms with Gasteiger partial charge >= 0.3 is 0 Å². The van der Waals surface area contributed by atoms with Crippen LogP contribution < -0.4 is 10.6 Å². The number of hydrogen-bond donors (Lipinski definition) is 1. The summed E-state index contributed by atoms with van der Waals surface area (Å²) in [5, 5.41) is 0. The van der Waals surface area contributed by atoms with Crippen LogP contribution in [0.4, 0.5) is 10.1 Å². The van der Waals surface area contributed by atoms with Crippen molar-refractivity contribution in [2.24, 2.45) is 11.7 Å². The fraction of sp³-hybridized carbons (Fsp3) is 0.571. The predicted octanol–water partition coefficient (Wildman–Crippen LogP) is 3.08. The monoisotopic (exact) mass is 236 g/mol. The average molecular weight is 236 g/mol. The minimum absolute atomic E-state index is 0.124. The Labute approximate surface area is 103 Å². The molecule has 1 heterocycles. The number of hydrogen-bond acceptors (Lipinski definition) is 2. The van der Waals surface area contributed by atoms with Gasteiger partial charge in [-0.05, 0) is 30.9 Å². The molecule has 2 N–H and O–H groups in total. The van der Waals surface area contributed by atoms with Crippen LogP contribution in [0.25, 0.3) is 0 Å². The topological polar surface area (TPSA) is 29.3 Å². The zero-order valence-electron chi connectivity index (χ0n) is 10.6. The fourth-order valence-electron chi connectivity index (χ4n) is 2.60. The van der Waals surface area contributed by atoms with Gasteiger partial charge in [0, 0.05) is 19.1 Å². The van der Waals surface area contributed by atoms with Gasteiger partial charge in [-0.2, -0.15) is 0 Å². The maximum atomic E-state index is 14.0. The van der Waals surface area contributed by atoms with Crippen molar-refractivity contribution in [3.63, 3.8) is 0 Å². The fourth-order valence-corrected chi connectivity index (χ4v) is 2.60. The third kappa shape index (κ3) is 2.44. The van der Waals surface area contributed by atoms with Crippen molar-refractivity contribution in [1.82, 2.24) is 0 Å². The number of benzene rings is 1. The van der Waals surface area contributed by atoms with E-state index in [0.29, 0.717) is 5.92 Å². The van der Waals surface area contributed by atoms with Crippen LogP contribution in [0.5, 0.6) is 0 Å². The lowest BCUT2D eigenvalue weighted by molar-refractivity contribution is 0.566. The van der Waals surface area contributed by atoms with E-state index in [0.717, 1.165) is 30.8 Å². The maximum Gasteiger partial charge on any atom is 0.146 e. The maximum absolute atomic E-state index is 14.0. The number of para-hydroxylation sites is 1. The molecule has 94 valence electrons. The van der Waals surface area contributed by atoms with E-state index in [-0.39, 0.29) is 11.9 Å². The third-order valence-corrected chi connectivity index (χ3v) is 3.69. The number of halogens is 1. The van der Waals surface area contributed by atoms with Crippen LogP contribution in [0.2, 0.25) is 0 Å². The summed E-state index contributed by atoms with van der Waals surface area (Å²) in [7, 11) is 0. The molecule has 1 aromatic carbocycles. The minimum Gasteiger partial charge on any atom is -0.369 e. The Morgan fingerprint density at radius 1 is 1.53 bits per heavy atom. The van der Waals surface area contributed by atoms with E-state index in [1.165, 1.54) is 12.5 Å². The molecule has 0 bridgehead atoms. The Morgan fingerprint density at radius 2 is 2.29 bits per heavy atom. The van der Waals surface area contributed by atoms with Gasteiger partial charge in [0.05, 0.1) is 5.69 Å². The Balaban J connectivity index is 2.31. The molecule has 1 aliphatic rings. The van der Waals surface area contributed by atoms with E-state index in [4.69, 9.17) is 5.73 Å². The number of rotatable bonds is 3. The highest BCUT2D eigenvalue weighted by Crippen LogP contribution is 2.33. The normalized spacial score (nSPS) is 21.9. The summed E-state index contributed by atoms with van der Waals surface area (Å²) in [6.45, 7) is 6.00. The van der Waals surface area contributed by atoms with Crippen LogP contribution in [-0.2, 0) is 0 Å². The van der Waals surface area contributed by atoms with Gasteiger partial charge in [-0.3, -0.25) is 0 Å². The summed E-state index contributed by atoms with van der Waals surface area (Å²) in [6.07, 6.45) is 2.32. The molecule has 0 aromatic heterocycles. The average Bonchev–Trinajstić information content (AvgIpc) is 2.76. The predicted molar refractivity (Wildman–Crippen MR) is 69.6 cm³/mol. The SMILES string of the molecule is CCC1CCN(c2c(F)cccc2[C@H](C)N)C1. The van der Waals surface area contributed by atoms with Crippen molar-refractivity contribution in [2.75, 3.05) is 18.0 Å². The van der Waals surface area contributed by atoms with Gasteiger partial charge in [-0.25, -0.2) is 4.39 Å². The van der Waals surface area contributed by atoms with Crippen LogP contribution in [-0.4, -0.2) is 13.1 Å². The van der Waals surface area contributed by atoms with Crippen LogP contribution in [0.15, 0.2) is 18.2 Å². The molecule has 1 aromatic rings. The summed E-state index contributed by atoms with van der Waals surface area (Å²) in [5.74, 6) is 0.548. The summed E-state index contributed by atoms with van der Waals surface area (Å²) in [6, 6.07) is 5.08. The van der Waals surface area contributed by atoms with E-state index in [9.17, 15) is 4.39 Å². The minimum atomic E-state index is -0.142. The van der Waals surface area contributed by atoms with Gasteiger partial charge in [0.2, 0.25) is 0 Å².